The van der Waals surface area contributed by atoms with Crippen molar-refractivity contribution in [1.82, 2.24) is 30.6 Å². The van der Waals surface area contributed by atoms with Gasteiger partial charge >= 0.3 is 6.03 Å². The Bertz CT molecular complexity index is 731. The zero-order chi connectivity index (χ0) is 16.5. The van der Waals surface area contributed by atoms with Crippen LogP contribution in [-0.4, -0.2) is 37.8 Å². The summed E-state index contributed by atoms with van der Waals surface area (Å²) in [6.45, 7) is 3.53. The van der Waals surface area contributed by atoms with Crippen molar-refractivity contribution in [2.24, 2.45) is 0 Å². The third-order valence-electron chi connectivity index (χ3n) is 5.00. The van der Waals surface area contributed by atoms with E-state index < -0.39 is 0 Å². The van der Waals surface area contributed by atoms with Gasteiger partial charge in [0.2, 0.25) is 5.89 Å². The third kappa shape index (κ3) is 2.88. The minimum absolute atomic E-state index is 0.103. The van der Waals surface area contributed by atoms with Crippen molar-refractivity contribution in [2.75, 3.05) is 6.54 Å². The number of rotatable bonds is 3. The molecule has 0 atom stereocenters. The molecule has 3 heterocycles. The molecule has 2 N–H and O–H groups in total. The first-order chi connectivity index (χ1) is 11.7. The van der Waals surface area contributed by atoms with Gasteiger partial charge in [0.25, 0.3) is 0 Å². The number of urea groups is 1. The fourth-order valence-corrected chi connectivity index (χ4v) is 3.55. The van der Waals surface area contributed by atoms with Crippen LogP contribution in [0.3, 0.4) is 0 Å². The molecule has 2 amide bonds. The average Bonchev–Trinajstić information content (AvgIpc) is 3.33. The lowest BCUT2D eigenvalue weighted by Crippen LogP contribution is -2.42. The van der Waals surface area contributed by atoms with Crippen molar-refractivity contribution < 1.29 is 9.32 Å². The predicted molar refractivity (Wildman–Crippen MR) is 85.2 cm³/mol. The highest BCUT2D eigenvalue weighted by Gasteiger charge is 2.25. The molecule has 0 unspecified atom stereocenters. The van der Waals surface area contributed by atoms with Crippen LogP contribution in [0.4, 0.5) is 4.79 Å². The standard InChI is InChI=1S/C16H22N6O2/c1-10-12-9-22(7-6-13(12)20-19-10)16(23)17-8-14-18-15(24-21-14)11-4-2-3-5-11/h11H,2-9H2,1H3,(H,17,23)(H,19,20). The Kier molecular flexibility index (Phi) is 3.95. The fourth-order valence-electron chi connectivity index (χ4n) is 3.55. The second kappa shape index (κ2) is 6.26. The van der Waals surface area contributed by atoms with Crippen LogP contribution in [0.15, 0.2) is 4.52 Å². The molecule has 1 aliphatic heterocycles. The first-order valence-electron chi connectivity index (χ1n) is 8.58. The van der Waals surface area contributed by atoms with Gasteiger partial charge in [-0.15, -0.1) is 0 Å². The largest absolute Gasteiger partial charge is 0.339 e. The molecule has 0 radical (unpaired) electrons. The molecule has 1 fully saturated rings. The Hall–Kier alpha value is -2.38. The van der Waals surface area contributed by atoms with Gasteiger partial charge in [-0.25, -0.2) is 4.79 Å². The molecule has 0 bridgehead atoms. The van der Waals surface area contributed by atoms with Crippen LogP contribution >= 0.6 is 0 Å². The van der Waals surface area contributed by atoms with Gasteiger partial charge in [-0.3, -0.25) is 5.10 Å². The summed E-state index contributed by atoms with van der Waals surface area (Å²) in [4.78, 5) is 18.6. The molecular formula is C16H22N6O2. The summed E-state index contributed by atoms with van der Waals surface area (Å²) in [5.41, 5.74) is 3.22. The lowest BCUT2D eigenvalue weighted by atomic mass is 10.1. The number of hydrogen-bond donors (Lipinski definition) is 2. The van der Waals surface area contributed by atoms with Gasteiger partial charge in [0.1, 0.15) is 0 Å². The Morgan fingerprint density at radius 2 is 2.25 bits per heavy atom. The molecule has 2 aromatic rings. The highest BCUT2D eigenvalue weighted by Crippen LogP contribution is 2.32. The van der Waals surface area contributed by atoms with Crippen molar-refractivity contribution in [3.8, 4) is 0 Å². The summed E-state index contributed by atoms with van der Waals surface area (Å²) >= 11 is 0. The minimum Gasteiger partial charge on any atom is -0.339 e. The number of carbonyl (C=O) groups is 1. The molecule has 1 saturated carbocycles. The number of carbonyl (C=O) groups excluding carboxylic acids is 1. The minimum atomic E-state index is -0.103. The molecule has 1 aliphatic carbocycles. The van der Waals surface area contributed by atoms with Gasteiger partial charge < -0.3 is 14.7 Å². The molecule has 0 saturated heterocycles. The first kappa shape index (κ1) is 15.2. The maximum Gasteiger partial charge on any atom is 0.318 e. The summed E-state index contributed by atoms with van der Waals surface area (Å²) in [7, 11) is 0. The molecule has 128 valence electrons. The quantitative estimate of drug-likeness (QED) is 0.897. The van der Waals surface area contributed by atoms with Crippen molar-refractivity contribution >= 4 is 6.03 Å². The maximum absolute atomic E-state index is 12.4. The maximum atomic E-state index is 12.4. The summed E-state index contributed by atoms with van der Waals surface area (Å²) in [6, 6.07) is -0.103. The summed E-state index contributed by atoms with van der Waals surface area (Å²) in [5, 5.41) is 14.1. The molecule has 0 aromatic carbocycles. The zero-order valence-electron chi connectivity index (χ0n) is 13.8. The molecule has 8 heteroatoms. The average molecular weight is 330 g/mol. The van der Waals surface area contributed by atoms with E-state index >= 15 is 0 Å². The highest BCUT2D eigenvalue weighted by molar-refractivity contribution is 5.74. The van der Waals surface area contributed by atoms with Gasteiger partial charge in [-0.2, -0.15) is 10.1 Å². The second-order valence-corrected chi connectivity index (χ2v) is 6.63. The van der Waals surface area contributed by atoms with E-state index in [1.54, 1.807) is 4.90 Å². The van der Waals surface area contributed by atoms with E-state index in [2.05, 4.69) is 25.7 Å². The molecular weight excluding hydrogens is 308 g/mol. The predicted octanol–water partition coefficient (Wildman–Crippen LogP) is 2.03. The number of aryl methyl sites for hydroxylation is 1. The highest BCUT2D eigenvalue weighted by atomic mass is 16.5. The van der Waals surface area contributed by atoms with E-state index in [1.807, 2.05) is 6.92 Å². The molecule has 2 aromatic heterocycles. The first-order valence-corrected chi connectivity index (χ1v) is 8.58. The number of H-pyrrole nitrogens is 1. The van der Waals surface area contributed by atoms with Crippen molar-refractivity contribution in [1.29, 1.82) is 0 Å². The molecule has 8 nitrogen and oxygen atoms in total. The number of hydrogen-bond acceptors (Lipinski definition) is 5. The lowest BCUT2D eigenvalue weighted by Gasteiger charge is -2.26. The summed E-state index contributed by atoms with van der Waals surface area (Å²) < 4.78 is 5.34. The van der Waals surface area contributed by atoms with Gasteiger partial charge in [-0.1, -0.05) is 18.0 Å². The number of fused-ring (bicyclic) bond motifs is 1. The topological polar surface area (TPSA) is 99.9 Å². The Labute approximate surface area is 140 Å². The van der Waals surface area contributed by atoms with Crippen LogP contribution in [0, 0.1) is 6.92 Å². The number of nitrogens with zero attached hydrogens (tertiary/aromatic N) is 4. The smallest absolute Gasteiger partial charge is 0.318 e. The monoisotopic (exact) mass is 330 g/mol. The fraction of sp³-hybridized carbons (Fsp3) is 0.625. The lowest BCUT2D eigenvalue weighted by molar-refractivity contribution is 0.191. The number of aromatic amines is 1. The van der Waals surface area contributed by atoms with Crippen LogP contribution in [-0.2, 0) is 19.5 Å². The van der Waals surface area contributed by atoms with Crippen molar-refractivity contribution in [3.63, 3.8) is 0 Å². The Morgan fingerprint density at radius 1 is 1.42 bits per heavy atom. The van der Waals surface area contributed by atoms with E-state index in [0.717, 1.165) is 36.2 Å². The van der Waals surface area contributed by atoms with Gasteiger partial charge in [0, 0.05) is 30.1 Å². The number of nitrogens with one attached hydrogen (secondary N) is 2. The van der Waals surface area contributed by atoms with Crippen LogP contribution in [0.25, 0.3) is 0 Å². The van der Waals surface area contributed by atoms with E-state index in [-0.39, 0.29) is 6.03 Å². The van der Waals surface area contributed by atoms with Crippen LogP contribution in [0.5, 0.6) is 0 Å². The van der Waals surface area contributed by atoms with Crippen LogP contribution in [0.1, 0.15) is 60.3 Å². The van der Waals surface area contributed by atoms with Gasteiger partial charge in [0.15, 0.2) is 5.82 Å². The van der Waals surface area contributed by atoms with Crippen molar-refractivity contribution in [2.45, 2.75) is 58.0 Å². The van der Waals surface area contributed by atoms with Crippen LogP contribution in [0.2, 0.25) is 0 Å². The third-order valence-corrected chi connectivity index (χ3v) is 5.00. The van der Waals surface area contributed by atoms with E-state index in [0.29, 0.717) is 37.3 Å². The van der Waals surface area contributed by atoms with Crippen LogP contribution < -0.4 is 5.32 Å². The second-order valence-electron chi connectivity index (χ2n) is 6.63. The molecule has 2 aliphatic rings. The number of amides is 2. The molecule has 4 rings (SSSR count). The molecule has 24 heavy (non-hydrogen) atoms. The Balaban J connectivity index is 1.33. The summed E-state index contributed by atoms with van der Waals surface area (Å²) in [5.74, 6) is 1.65. The zero-order valence-corrected chi connectivity index (χ0v) is 13.8. The Morgan fingerprint density at radius 3 is 3.08 bits per heavy atom. The van der Waals surface area contributed by atoms with E-state index in [4.69, 9.17) is 4.52 Å². The normalized spacial score (nSPS) is 18.0. The summed E-state index contributed by atoms with van der Waals surface area (Å²) in [6.07, 6.45) is 5.47. The van der Waals surface area contributed by atoms with E-state index in [1.165, 1.54) is 12.8 Å². The van der Waals surface area contributed by atoms with Gasteiger partial charge in [-0.05, 0) is 19.8 Å². The van der Waals surface area contributed by atoms with E-state index in [9.17, 15) is 4.79 Å². The number of aromatic nitrogens is 4. The SMILES string of the molecule is Cc1[nH]nc2c1CN(C(=O)NCc1noc(C3CCCC3)n1)CC2. The van der Waals surface area contributed by atoms with Gasteiger partial charge in [0.05, 0.1) is 18.8 Å². The molecule has 0 spiro atoms. The van der Waals surface area contributed by atoms with Crippen molar-refractivity contribution in [3.05, 3.63) is 28.7 Å².